The van der Waals surface area contributed by atoms with Crippen molar-refractivity contribution < 1.29 is 4.79 Å². The molecule has 0 saturated carbocycles. The standard InChI is InChI=1S/C13H13N3OS/c1-16(2)6-10-11(17)4-3-8-9-5-14-7-15-13(9)18-12(8)10/h5-7H,3-4H2,1-2H3. The van der Waals surface area contributed by atoms with Crippen molar-refractivity contribution >= 4 is 32.9 Å². The number of Topliss-reactive ketones (excluding diaryl/α,β-unsaturated/α-hetero) is 1. The van der Waals surface area contributed by atoms with Gasteiger partial charge in [0.25, 0.3) is 0 Å². The molecular weight excluding hydrogens is 246 g/mol. The van der Waals surface area contributed by atoms with E-state index in [-0.39, 0.29) is 5.78 Å². The van der Waals surface area contributed by atoms with Gasteiger partial charge in [-0.2, -0.15) is 0 Å². The van der Waals surface area contributed by atoms with E-state index in [4.69, 9.17) is 0 Å². The fourth-order valence-electron chi connectivity index (χ4n) is 2.24. The predicted octanol–water partition coefficient (Wildman–Crippen LogP) is 2.11. The Kier molecular flexibility index (Phi) is 2.63. The first-order valence-electron chi connectivity index (χ1n) is 5.80. The molecule has 3 rings (SSSR count). The summed E-state index contributed by atoms with van der Waals surface area (Å²) < 4.78 is 0. The number of fused-ring (bicyclic) bond motifs is 3. The Balaban J connectivity index is 2.26. The van der Waals surface area contributed by atoms with E-state index in [0.29, 0.717) is 6.42 Å². The highest BCUT2D eigenvalue weighted by Gasteiger charge is 2.26. The quantitative estimate of drug-likeness (QED) is 0.736. The smallest absolute Gasteiger partial charge is 0.166 e. The molecule has 0 radical (unpaired) electrons. The van der Waals surface area contributed by atoms with Crippen LogP contribution in [0, 0.1) is 0 Å². The molecule has 1 aliphatic rings. The maximum absolute atomic E-state index is 12.0. The summed E-state index contributed by atoms with van der Waals surface area (Å²) in [5.74, 6) is 0.218. The normalized spacial score (nSPS) is 17.2. The first-order chi connectivity index (χ1) is 8.66. The molecule has 0 aromatic carbocycles. The molecule has 0 N–H and O–H groups in total. The van der Waals surface area contributed by atoms with Crippen molar-refractivity contribution in [2.75, 3.05) is 14.1 Å². The molecule has 1 aliphatic carbocycles. The van der Waals surface area contributed by atoms with Gasteiger partial charge < -0.3 is 4.90 Å². The Morgan fingerprint density at radius 1 is 1.39 bits per heavy atom. The van der Waals surface area contributed by atoms with E-state index in [9.17, 15) is 4.79 Å². The lowest BCUT2D eigenvalue weighted by Crippen LogP contribution is -2.13. The van der Waals surface area contributed by atoms with Crippen molar-refractivity contribution in [1.29, 1.82) is 0 Å². The van der Waals surface area contributed by atoms with Gasteiger partial charge in [-0.1, -0.05) is 0 Å². The van der Waals surface area contributed by atoms with Crippen molar-refractivity contribution in [3.63, 3.8) is 0 Å². The topological polar surface area (TPSA) is 46.1 Å². The number of allylic oxidation sites excluding steroid dienone is 1. The zero-order valence-electron chi connectivity index (χ0n) is 10.3. The molecule has 2 aromatic heterocycles. The molecule has 0 spiro atoms. The number of hydrogen-bond donors (Lipinski definition) is 0. The summed E-state index contributed by atoms with van der Waals surface area (Å²) in [6, 6.07) is 0. The third-order valence-electron chi connectivity index (χ3n) is 3.01. The summed E-state index contributed by atoms with van der Waals surface area (Å²) in [6.07, 6.45) is 6.69. The number of thiophene rings is 1. The highest BCUT2D eigenvalue weighted by Crippen LogP contribution is 2.39. The van der Waals surface area contributed by atoms with Crippen molar-refractivity contribution in [3.8, 4) is 0 Å². The Bertz CT molecular complexity index is 657. The van der Waals surface area contributed by atoms with E-state index in [1.165, 1.54) is 5.56 Å². The highest BCUT2D eigenvalue weighted by atomic mass is 32.1. The van der Waals surface area contributed by atoms with Crippen LogP contribution in [0.3, 0.4) is 0 Å². The molecule has 0 amide bonds. The van der Waals surface area contributed by atoms with Gasteiger partial charge in [0.1, 0.15) is 11.2 Å². The second-order valence-electron chi connectivity index (χ2n) is 4.58. The van der Waals surface area contributed by atoms with Crippen molar-refractivity contribution in [2.24, 2.45) is 0 Å². The van der Waals surface area contributed by atoms with Crippen LogP contribution in [0.5, 0.6) is 0 Å². The van der Waals surface area contributed by atoms with Gasteiger partial charge in [0.2, 0.25) is 0 Å². The molecule has 2 aromatic rings. The molecule has 0 bridgehead atoms. The monoisotopic (exact) mass is 259 g/mol. The van der Waals surface area contributed by atoms with Crippen molar-refractivity contribution in [3.05, 3.63) is 29.2 Å². The largest absolute Gasteiger partial charge is 0.383 e. The average molecular weight is 259 g/mol. The Morgan fingerprint density at radius 3 is 3.00 bits per heavy atom. The minimum atomic E-state index is 0.218. The zero-order valence-corrected chi connectivity index (χ0v) is 11.1. The summed E-state index contributed by atoms with van der Waals surface area (Å²) in [6.45, 7) is 0. The molecule has 2 heterocycles. The number of nitrogens with zero attached hydrogens (tertiary/aromatic N) is 3. The molecule has 5 heteroatoms. The number of hydrogen-bond acceptors (Lipinski definition) is 5. The van der Waals surface area contributed by atoms with Crippen molar-refractivity contribution in [2.45, 2.75) is 12.8 Å². The third-order valence-corrected chi connectivity index (χ3v) is 4.20. The molecule has 0 saturated heterocycles. The van der Waals surface area contributed by atoms with Crippen LogP contribution >= 0.6 is 11.3 Å². The minimum absolute atomic E-state index is 0.218. The summed E-state index contributed by atoms with van der Waals surface area (Å²) in [7, 11) is 3.86. The van der Waals surface area contributed by atoms with Crippen LogP contribution in [0.25, 0.3) is 15.8 Å². The summed E-state index contributed by atoms with van der Waals surface area (Å²) in [5.41, 5.74) is 2.03. The Labute approximate surface area is 109 Å². The third kappa shape index (κ3) is 1.71. The Hall–Kier alpha value is -1.75. The van der Waals surface area contributed by atoms with E-state index in [2.05, 4.69) is 9.97 Å². The maximum Gasteiger partial charge on any atom is 0.166 e. The van der Waals surface area contributed by atoms with E-state index >= 15 is 0 Å². The SMILES string of the molecule is CN(C)C=C1C(=O)CCc2c1sc1ncncc21. The van der Waals surface area contributed by atoms with Crippen LogP contribution < -0.4 is 0 Å². The van der Waals surface area contributed by atoms with Crippen LogP contribution in [0.2, 0.25) is 0 Å². The molecule has 0 fully saturated rings. The number of carbonyl (C=O) groups excluding carboxylic acids is 1. The van der Waals surface area contributed by atoms with Crippen LogP contribution in [-0.4, -0.2) is 34.7 Å². The summed E-state index contributed by atoms with van der Waals surface area (Å²) >= 11 is 1.59. The van der Waals surface area contributed by atoms with Crippen LogP contribution in [-0.2, 0) is 11.2 Å². The second kappa shape index (κ2) is 4.17. The van der Waals surface area contributed by atoms with Gasteiger partial charge in [0.05, 0.1) is 5.57 Å². The molecule has 0 atom stereocenters. The average Bonchev–Trinajstić information content (AvgIpc) is 2.71. The number of ketones is 1. The van der Waals surface area contributed by atoms with Gasteiger partial charge in [-0.25, -0.2) is 9.97 Å². The van der Waals surface area contributed by atoms with Crippen LogP contribution in [0.1, 0.15) is 16.9 Å². The fraction of sp³-hybridized carbons (Fsp3) is 0.308. The summed E-state index contributed by atoms with van der Waals surface area (Å²) in [4.78, 5) is 24.4. The van der Waals surface area contributed by atoms with Gasteiger partial charge in [-0.15, -0.1) is 11.3 Å². The van der Waals surface area contributed by atoms with Gasteiger partial charge in [-0.3, -0.25) is 4.79 Å². The number of rotatable bonds is 1. The molecule has 0 aliphatic heterocycles. The van der Waals surface area contributed by atoms with Gasteiger partial charge in [0, 0.05) is 43.2 Å². The highest BCUT2D eigenvalue weighted by molar-refractivity contribution is 7.20. The second-order valence-corrected chi connectivity index (χ2v) is 5.58. The first-order valence-corrected chi connectivity index (χ1v) is 6.61. The molecule has 4 nitrogen and oxygen atoms in total. The lowest BCUT2D eigenvalue weighted by atomic mass is 9.92. The number of carbonyl (C=O) groups is 1. The molecule has 18 heavy (non-hydrogen) atoms. The molecule has 0 unspecified atom stereocenters. The zero-order chi connectivity index (χ0) is 12.7. The van der Waals surface area contributed by atoms with Crippen LogP contribution in [0.4, 0.5) is 0 Å². The minimum Gasteiger partial charge on any atom is -0.383 e. The van der Waals surface area contributed by atoms with Gasteiger partial charge >= 0.3 is 0 Å². The fourth-order valence-corrected chi connectivity index (χ4v) is 3.43. The van der Waals surface area contributed by atoms with E-state index in [1.54, 1.807) is 17.7 Å². The lowest BCUT2D eigenvalue weighted by Gasteiger charge is -2.16. The number of aromatic nitrogens is 2. The Morgan fingerprint density at radius 2 is 2.22 bits per heavy atom. The van der Waals surface area contributed by atoms with Crippen molar-refractivity contribution in [1.82, 2.24) is 14.9 Å². The van der Waals surface area contributed by atoms with E-state index in [1.807, 2.05) is 31.4 Å². The van der Waals surface area contributed by atoms with E-state index < -0.39 is 0 Å². The molecular formula is C13H13N3OS. The number of aryl methyl sites for hydroxylation is 1. The van der Waals surface area contributed by atoms with Gasteiger partial charge in [-0.05, 0) is 12.0 Å². The molecule has 92 valence electrons. The van der Waals surface area contributed by atoms with Crippen LogP contribution in [0.15, 0.2) is 18.7 Å². The first kappa shape index (κ1) is 11.3. The predicted molar refractivity (Wildman–Crippen MR) is 72.4 cm³/mol. The maximum atomic E-state index is 12.0. The van der Waals surface area contributed by atoms with Gasteiger partial charge in [0.15, 0.2) is 5.78 Å². The lowest BCUT2D eigenvalue weighted by molar-refractivity contribution is -0.113. The summed E-state index contributed by atoms with van der Waals surface area (Å²) in [5, 5.41) is 1.09. The van der Waals surface area contributed by atoms with E-state index in [0.717, 1.165) is 27.1 Å².